The third-order valence-electron chi connectivity index (χ3n) is 5.72. The summed E-state index contributed by atoms with van der Waals surface area (Å²) in [6, 6.07) is 3.57. The van der Waals surface area contributed by atoms with Crippen LogP contribution in [0.4, 0.5) is 8.78 Å². The summed E-state index contributed by atoms with van der Waals surface area (Å²) in [5, 5.41) is 23.6. The van der Waals surface area contributed by atoms with Crippen LogP contribution in [0.3, 0.4) is 0 Å². The van der Waals surface area contributed by atoms with E-state index in [-0.39, 0.29) is 35.3 Å². The first-order valence-corrected chi connectivity index (χ1v) is 9.49. The van der Waals surface area contributed by atoms with E-state index in [1.807, 2.05) is 6.92 Å². The van der Waals surface area contributed by atoms with Crippen molar-refractivity contribution in [1.82, 2.24) is 15.1 Å². The van der Waals surface area contributed by atoms with Gasteiger partial charge in [-0.15, -0.1) is 0 Å². The number of amides is 2. The van der Waals surface area contributed by atoms with E-state index in [1.165, 1.54) is 12.1 Å². The van der Waals surface area contributed by atoms with Gasteiger partial charge in [-0.25, -0.2) is 8.78 Å². The third kappa shape index (κ3) is 2.96. The Morgan fingerprint density at radius 3 is 2.83 bits per heavy atom. The first-order valence-electron chi connectivity index (χ1n) is 9.49. The van der Waals surface area contributed by atoms with Gasteiger partial charge in [-0.3, -0.25) is 9.59 Å². The molecule has 0 aliphatic carbocycles. The Balaban J connectivity index is 1.63. The van der Waals surface area contributed by atoms with E-state index in [9.17, 15) is 28.6 Å². The molecule has 3 aliphatic rings. The van der Waals surface area contributed by atoms with E-state index in [0.717, 1.165) is 6.07 Å². The SMILES string of the molecule is CCN1CC2CCC3=C(C(=O)NCc4cccc(F)c4F)C(O)C(O)=C(C1=O)N32. The molecule has 154 valence electrons. The van der Waals surface area contributed by atoms with Crippen LogP contribution in [0.1, 0.15) is 25.3 Å². The average Bonchev–Trinajstić information content (AvgIpc) is 3.11. The standard InChI is InChI=1S/C20H21F2N3O4/c1-2-24-9-11-6-7-13-14(17(26)18(27)16(20(24)29)25(11)13)19(28)23-8-10-4-3-5-12(21)15(10)22/h3-5,11,17,26-27H,2,6-9H2,1H3,(H,23,28). The first-order chi connectivity index (χ1) is 13.8. The van der Waals surface area contributed by atoms with E-state index < -0.39 is 29.4 Å². The van der Waals surface area contributed by atoms with Crippen LogP contribution >= 0.6 is 0 Å². The van der Waals surface area contributed by atoms with Crippen molar-refractivity contribution in [1.29, 1.82) is 0 Å². The first kappa shape index (κ1) is 19.4. The zero-order chi connectivity index (χ0) is 20.9. The van der Waals surface area contributed by atoms with Crippen LogP contribution in [0, 0.1) is 11.6 Å². The Morgan fingerprint density at radius 1 is 1.34 bits per heavy atom. The molecule has 0 bridgehead atoms. The van der Waals surface area contributed by atoms with Crippen LogP contribution in [-0.2, 0) is 16.1 Å². The second kappa shape index (κ2) is 7.14. The zero-order valence-corrected chi connectivity index (χ0v) is 15.8. The summed E-state index contributed by atoms with van der Waals surface area (Å²) < 4.78 is 27.2. The summed E-state index contributed by atoms with van der Waals surface area (Å²) in [7, 11) is 0. The number of piperazine rings is 1. The van der Waals surface area contributed by atoms with E-state index in [4.69, 9.17) is 0 Å². The smallest absolute Gasteiger partial charge is 0.274 e. The topological polar surface area (TPSA) is 93.1 Å². The number of allylic oxidation sites excluding steroid dienone is 1. The highest BCUT2D eigenvalue weighted by Gasteiger charge is 2.49. The molecular formula is C20H21F2N3O4. The number of hydrogen-bond acceptors (Lipinski definition) is 5. The van der Waals surface area contributed by atoms with Crippen molar-refractivity contribution in [3.63, 3.8) is 0 Å². The highest BCUT2D eigenvalue weighted by Crippen LogP contribution is 2.43. The van der Waals surface area contributed by atoms with Gasteiger partial charge in [0.05, 0.1) is 11.6 Å². The fourth-order valence-electron chi connectivity index (χ4n) is 4.26. The molecule has 2 amide bonds. The van der Waals surface area contributed by atoms with Gasteiger partial charge in [0.2, 0.25) is 0 Å². The number of benzene rings is 1. The summed E-state index contributed by atoms with van der Waals surface area (Å²) in [4.78, 5) is 28.7. The number of nitrogens with zero attached hydrogens (tertiary/aromatic N) is 2. The Bertz CT molecular complexity index is 959. The molecule has 1 aromatic rings. The number of carbonyl (C=O) groups is 2. The van der Waals surface area contributed by atoms with Gasteiger partial charge in [-0.2, -0.15) is 0 Å². The van der Waals surface area contributed by atoms with Crippen molar-refractivity contribution in [2.75, 3.05) is 13.1 Å². The average molecular weight is 405 g/mol. The fraction of sp³-hybridized carbons (Fsp3) is 0.400. The maximum absolute atomic E-state index is 13.8. The summed E-state index contributed by atoms with van der Waals surface area (Å²) >= 11 is 0. The predicted molar refractivity (Wildman–Crippen MR) is 98.0 cm³/mol. The van der Waals surface area contributed by atoms with Crippen molar-refractivity contribution in [3.8, 4) is 0 Å². The molecule has 2 atom stereocenters. The highest BCUT2D eigenvalue weighted by atomic mass is 19.2. The summed E-state index contributed by atoms with van der Waals surface area (Å²) in [6.07, 6.45) is -0.536. The minimum atomic E-state index is -1.66. The molecule has 0 spiro atoms. The molecule has 7 nitrogen and oxygen atoms in total. The summed E-state index contributed by atoms with van der Waals surface area (Å²) in [5.41, 5.74) is 0.390. The highest BCUT2D eigenvalue weighted by molar-refractivity contribution is 6.00. The lowest BCUT2D eigenvalue weighted by atomic mass is 9.96. The number of hydrogen-bond donors (Lipinski definition) is 3. The van der Waals surface area contributed by atoms with Crippen LogP contribution < -0.4 is 5.32 Å². The van der Waals surface area contributed by atoms with E-state index >= 15 is 0 Å². The van der Waals surface area contributed by atoms with Gasteiger partial charge in [-0.05, 0) is 25.8 Å². The Labute approximate surface area is 165 Å². The molecule has 3 N–H and O–H groups in total. The van der Waals surface area contributed by atoms with E-state index in [2.05, 4.69) is 5.32 Å². The summed E-state index contributed by atoms with van der Waals surface area (Å²) in [6.45, 7) is 2.49. The van der Waals surface area contributed by atoms with Crippen LogP contribution in [0.25, 0.3) is 0 Å². The molecule has 1 aromatic carbocycles. The maximum Gasteiger partial charge on any atom is 0.274 e. The van der Waals surface area contributed by atoms with Gasteiger partial charge >= 0.3 is 0 Å². The van der Waals surface area contributed by atoms with Gasteiger partial charge in [0, 0.05) is 30.9 Å². The Hall–Kier alpha value is -2.94. The molecule has 2 unspecified atom stereocenters. The lowest BCUT2D eigenvalue weighted by Crippen LogP contribution is -2.54. The fourth-order valence-corrected chi connectivity index (χ4v) is 4.26. The van der Waals surface area contributed by atoms with E-state index in [0.29, 0.717) is 31.6 Å². The van der Waals surface area contributed by atoms with Crippen molar-refractivity contribution in [3.05, 3.63) is 58.1 Å². The molecule has 9 heteroatoms. The lowest BCUT2D eigenvalue weighted by Gasteiger charge is -2.43. The van der Waals surface area contributed by atoms with E-state index in [1.54, 1.807) is 9.80 Å². The number of nitrogens with one attached hydrogen (secondary N) is 1. The van der Waals surface area contributed by atoms with Crippen molar-refractivity contribution < 1.29 is 28.6 Å². The number of carbonyl (C=O) groups excluding carboxylic acids is 2. The minimum Gasteiger partial charge on any atom is -0.507 e. The van der Waals surface area contributed by atoms with Crippen molar-refractivity contribution in [2.45, 2.75) is 38.5 Å². The zero-order valence-electron chi connectivity index (χ0n) is 15.8. The number of halogens is 2. The van der Waals surface area contributed by atoms with Crippen LogP contribution in [-0.4, -0.2) is 57.1 Å². The third-order valence-corrected chi connectivity index (χ3v) is 5.72. The maximum atomic E-state index is 13.8. The lowest BCUT2D eigenvalue weighted by molar-refractivity contribution is -0.133. The number of likely N-dealkylation sites (N-methyl/N-ethyl adjacent to an activating group) is 1. The monoisotopic (exact) mass is 405 g/mol. The molecule has 4 rings (SSSR count). The largest absolute Gasteiger partial charge is 0.507 e. The van der Waals surface area contributed by atoms with Gasteiger partial charge < -0.3 is 25.3 Å². The van der Waals surface area contributed by atoms with Crippen LogP contribution in [0.15, 0.2) is 40.9 Å². The Kier molecular flexibility index (Phi) is 4.77. The van der Waals surface area contributed by atoms with Crippen LogP contribution in [0.2, 0.25) is 0 Å². The summed E-state index contributed by atoms with van der Waals surface area (Å²) in [5.74, 6) is -3.73. The normalized spacial score (nSPS) is 23.7. The Morgan fingerprint density at radius 2 is 2.10 bits per heavy atom. The van der Waals surface area contributed by atoms with Gasteiger partial charge in [0.15, 0.2) is 17.4 Å². The van der Waals surface area contributed by atoms with Crippen molar-refractivity contribution >= 4 is 11.8 Å². The molecule has 0 aromatic heterocycles. The molecule has 2 saturated heterocycles. The van der Waals surface area contributed by atoms with Gasteiger partial charge in [0.25, 0.3) is 11.8 Å². The second-order valence-corrected chi connectivity index (χ2v) is 7.30. The molecule has 3 heterocycles. The number of rotatable bonds is 4. The predicted octanol–water partition coefficient (Wildman–Crippen LogP) is 1.31. The molecule has 0 saturated carbocycles. The molecule has 2 fully saturated rings. The number of aliphatic hydroxyl groups is 2. The minimum absolute atomic E-state index is 0.0100. The molecule has 0 radical (unpaired) electrons. The molecule has 3 aliphatic heterocycles. The quantitative estimate of drug-likeness (QED) is 0.702. The molecule has 29 heavy (non-hydrogen) atoms. The molecular weight excluding hydrogens is 384 g/mol. The number of aliphatic hydroxyl groups excluding tert-OH is 2. The van der Waals surface area contributed by atoms with Crippen molar-refractivity contribution in [2.24, 2.45) is 0 Å². The second-order valence-electron chi connectivity index (χ2n) is 7.30. The van der Waals surface area contributed by atoms with Gasteiger partial charge in [-0.1, -0.05) is 12.1 Å². The van der Waals surface area contributed by atoms with Crippen LogP contribution in [0.5, 0.6) is 0 Å². The van der Waals surface area contributed by atoms with Gasteiger partial charge in [0.1, 0.15) is 11.8 Å².